The van der Waals surface area contributed by atoms with Crippen molar-refractivity contribution in [2.24, 2.45) is 14.1 Å². The number of nitrogens with one attached hydrogen (secondary N) is 1. The van der Waals surface area contributed by atoms with Crippen molar-refractivity contribution in [2.75, 3.05) is 5.32 Å². The number of benzene rings is 1. The van der Waals surface area contributed by atoms with Crippen LogP contribution in [0.15, 0.2) is 65.8 Å². The van der Waals surface area contributed by atoms with Gasteiger partial charge in [-0.05, 0) is 48.4 Å². The zero-order chi connectivity index (χ0) is 21.3. The largest absolute Gasteiger partial charge is 0.348 e. The van der Waals surface area contributed by atoms with Crippen molar-refractivity contribution in [1.82, 2.24) is 24.3 Å². The number of aromatic nitrogens is 5. The minimum Gasteiger partial charge on any atom is -0.348 e. The molecule has 0 spiro atoms. The van der Waals surface area contributed by atoms with Crippen molar-refractivity contribution < 1.29 is 4.39 Å². The molecule has 0 fully saturated rings. The third-order valence-electron chi connectivity index (χ3n) is 5.10. The van der Waals surface area contributed by atoms with Gasteiger partial charge in [-0.1, -0.05) is 12.1 Å². The molecule has 0 aliphatic rings. The van der Waals surface area contributed by atoms with E-state index in [-0.39, 0.29) is 17.4 Å². The number of nitrogens with zero attached hydrogens (tertiary/aromatic N) is 5. The lowest BCUT2D eigenvalue weighted by molar-refractivity contribution is 0.583. The quantitative estimate of drug-likeness (QED) is 0.550. The summed E-state index contributed by atoms with van der Waals surface area (Å²) in [6, 6.07) is 11.5. The minimum atomic E-state index is -0.355. The minimum absolute atomic E-state index is 0.0283. The molecule has 1 atom stereocenters. The van der Waals surface area contributed by atoms with E-state index in [1.54, 1.807) is 55.6 Å². The van der Waals surface area contributed by atoms with Crippen LogP contribution in [0, 0.1) is 5.82 Å². The first-order valence-electron chi connectivity index (χ1n) is 9.47. The van der Waals surface area contributed by atoms with Crippen LogP contribution in [-0.2, 0) is 14.1 Å². The molecule has 8 heteroatoms. The van der Waals surface area contributed by atoms with E-state index in [1.165, 1.54) is 16.8 Å². The highest BCUT2D eigenvalue weighted by Gasteiger charge is 2.21. The van der Waals surface area contributed by atoms with E-state index in [1.807, 2.05) is 19.1 Å². The Hall–Kier alpha value is -3.81. The highest BCUT2D eigenvalue weighted by molar-refractivity contribution is 5.79. The van der Waals surface area contributed by atoms with Gasteiger partial charge >= 0.3 is 0 Å². The smallest absolute Gasteiger partial charge is 0.274 e. The number of anilines is 1. The highest BCUT2D eigenvalue weighted by Crippen LogP contribution is 2.29. The molecule has 1 aromatic carbocycles. The summed E-state index contributed by atoms with van der Waals surface area (Å²) in [5, 5.41) is 3.28. The van der Waals surface area contributed by atoms with Gasteiger partial charge in [0.15, 0.2) is 0 Å². The van der Waals surface area contributed by atoms with E-state index in [4.69, 9.17) is 0 Å². The predicted octanol–water partition coefficient (Wildman–Crippen LogP) is 3.56. The fourth-order valence-corrected chi connectivity index (χ4v) is 3.37. The van der Waals surface area contributed by atoms with Gasteiger partial charge in [0.25, 0.3) is 5.56 Å². The molecule has 0 aliphatic carbocycles. The van der Waals surface area contributed by atoms with Gasteiger partial charge in [0.1, 0.15) is 5.82 Å². The predicted molar refractivity (Wildman–Crippen MR) is 113 cm³/mol. The fourth-order valence-electron chi connectivity index (χ4n) is 3.37. The van der Waals surface area contributed by atoms with Gasteiger partial charge in [-0.25, -0.2) is 14.4 Å². The van der Waals surface area contributed by atoms with Crippen molar-refractivity contribution in [3.05, 3.63) is 82.8 Å². The highest BCUT2D eigenvalue weighted by atomic mass is 19.1. The molecule has 152 valence electrons. The average Bonchev–Trinajstić information content (AvgIpc) is 2.99. The molecule has 0 unspecified atom stereocenters. The second-order valence-electron chi connectivity index (χ2n) is 6.99. The standard InChI is InChI=1S/C22H21FN6O/c1-14(15-8-11-24-12-9-15)26-22-25-13-10-18(27-22)20-19(21(30)29(3)28(20)2)16-4-6-17(23)7-5-16/h4-14H,1-3H3,(H,25,26,27)/t14-/m0/s1. The molecular weight excluding hydrogens is 383 g/mol. The Labute approximate surface area is 172 Å². The van der Waals surface area contributed by atoms with E-state index >= 15 is 0 Å². The average molecular weight is 404 g/mol. The number of hydrogen-bond donors (Lipinski definition) is 1. The Bertz CT molecular complexity index is 1230. The summed E-state index contributed by atoms with van der Waals surface area (Å²) in [6.07, 6.45) is 5.12. The van der Waals surface area contributed by atoms with Crippen LogP contribution in [0.4, 0.5) is 10.3 Å². The van der Waals surface area contributed by atoms with Gasteiger partial charge in [-0.2, -0.15) is 0 Å². The monoisotopic (exact) mass is 404 g/mol. The van der Waals surface area contributed by atoms with Gasteiger partial charge in [0, 0.05) is 32.7 Å². The first-order chi connectivity index (χ1) is 14.5. The van der Waals surface area contributed by atoms with Gasteiger partial charge in [-0.15, -0.1) is 0 Å². The molecule has 7 nitrogen and oxygen atoms in total. The molecule has 0 amide bonds. The topological polar surface area (TPSA) is 77.6 Å². The molecule has 1 N–H and O–H groups in total. The second-order valence-corrected chi connectivity index (χ2v) is 6.99. The van der Waals surface area contributed by atoms with Crippen molar-refractivity contribution in [2.45, 2.75) is 13.0 Å². The molecule has 0 aliphatic heterocycles. The molecular formula is C22H21FN6O. The Morgan fingerprint density at radius 1 is 0.967 bits per heavy atom. The first-order valence-corrected chi connectivity index (χ1v) is 9.47. The Balaban J connectivity index is 1.76. The van der Waals surface area contributed by atoms with Crippen LogP contribution in [0.3, 0.4) is 0 Å². The van der Waals surface area contributed by atoms with Crippen LogP contribution in [0.5, 0.6) is 0 Å². The molecule has 0 saturated heterocycles. The van der Waals surface area contributed by atoms with E-state index in [0.717, 1.165) is 5.56 Å². The van der Waals surface area contributed by atoms with Gasteiger partial charge in [0.05, 0.1) is 23.0 Å². The molecule has 0 radical (unpaired) electrons. The lowest BCUT2D eigenvalue weighted by Gasteiger charge is -2.15. The Morgan fingerprint density at radius 3 is 2.37 bits per heavy atom. The number of hydrogen-bond acceptors (Lipinski definition) is 5. The lowest BCUT2D eigenvalue weighted by Crippen LogP contribution is -2.17. The summed E-state index contributed by atoms with van der Waals surface area (Å²) in [7, 11) is 3.48. The lowest BCUT2D eigenvalue weighted by atomic mass is 10.0. The van der Waals surface area contributed by atoms with Crippen molar-refractivity contribution in [3.63, 3.8) is 0 Å². The summed E-state index contributed by atoms with van der Waals surface area (Å²) in [4.78, 5) is 25.9. The fraction of sp³-hybridized carbons (Fsp3) is 0.182. The van der Waals surface area contributed by atoms with Crippen LogP contribution in [0.1, 0.15) is 18.5 Å². The summed E-state index contributed by atoms with van der Waals surface area (Å²) in [6.45, 7) is 2.01. The summed E-state index contributed by atoms with van der Waals surface area (Å²) < 4.78 is 16.6. The van der Waals surface area contributed by atoms with Gasteiger partial charge in [-0.3, -0.25) is 19.1 Å². The van der Waals surface area contributed by atoms with Crippen LogP contribution in [0.25, 0.3) is 22.5 Å². The summed E-state index contributed by atoms with van der Waals surface area (Å²) in [5.41, 5.74) is 3.19. The zero-order valence-electron chi connectivity index (χ0n) is 16.9. The second kappa shape index (κ2) is 7.90. The maximum Gasteiger partial charge on any atom is 0.274 e. The van der Waals surface area contributed by atoms with Crippen molar-refractivity contribution >= 4 is 5.95 Å². The van der Waals surface area contributed by atoms with Crippen molar-refractivity contribution in [1.29, 1.82) is 0 Å². The third kappa shape index (κ3) is 3.59. The normalized spacial score (nSPS) is 12.0. The SMILES string of the molecule is C[C@H](Nc1nccc(-c2c(-c3ccc(F)cc3)c(=O)n(C)n2C)n1)c1ccncc1. The zero-order valence-corrected chi connectivity index (χ0v) is 16.9. The van der Waals surface area contributed by atoms with E-state index in [2.05, 4.69) is 20.3 Å². The van der Waals surface area contributed by atoms with Gasteiger partial charge < -0.3 is 5.32 Å². The van der Waals surface area contributed by atoms with Crippen LogP contribution >= 0.6 is 0 Å². The molecule has 4 aromatic rings. The molecule has 30 heavy (non-hydrogen) atoms. The summed E-state index contributed by atoms with van der Waals surface area (Å²) >= 11 is 0. The Morgan fingerprint density at radius 2 is 1.67 bits per heavy atom. The van der Waals surface area contributed by atoms with E-state index < -0.39 is 0 Å². The van der Waals surface area contributed by atoms with Crippen LogP contribution in [-0.4, -0.2) is 24.3 Å². The molecule has 0 saturated carbocycles. The molecule has 3 aromatic heterocycles. The van der Waals surface area contributed by atoms with Crippen molar-refractivity contribution in [3.8, 4) is 22.5 Å². The number of rotatable bonds is 5. The summed E-state index contributed by atoms with van der Waals surface area (Å²) in [5.74, 6) is 0.0878. The maximum atomic E-state index is 13.4. The van der Waals surface area contributed by atoms with Gasteiger partial charge in [0.2, 0.25) is 5.95 Å². The maximum absolute atomic E-state index is 13.4. The molecule has 3 heterocycles. The molecule has 0 bridgehead atoms. The van der Waals surface area contributed by atoms with Crippen LogP contribution in [0.2, 0.25) is 0 Å². The molecule has 4 rings (SSSR count). The van der Waals surface area contributed by atoms with E-state index in [0.29, 0.717) is 28.5 Å². The third-order valence-corrected chi connectivity index (χ3v) is 5.10. The Kier molecular flexibility index (Phi) is 5.14. The van der Waals surface area contributed by atoms with Crippen LogP contribution < -0.4 is 10.9 Å². The number of halogens is 1. The van der Waals surface area contributed by atoms with E-state index in [9.17, 15) is 9.18 Å². The first kappa shape index (κ1) is 19.5. The number of pyridine rings is 1.